The van der Waals surface area contributed by atoms with E-state index in [1.165, 1.54) is 66.8 Å². The fraction of sp³-hybridized carbons (Fsp3) is 0.212. The summed E-state index contributed by atoms with van der Waals surface area (Å²) in [6.07, 6.45) is 9.14. The maximum absolute atomic E-state index is 6.58. The Hall–Kier alpha value is -3.58. The topological polar surface area (TPSA) is 0 Å². The summed E-state index contributed by atoms with van der Waals surface area (Å²) in [5, 5.41) is 0.783. The molecule has 0 N–H and O–H groups in total. The van der Waals surface area contributed by atoms with Crippen LogP contribution in [0.25, 0.3) is 33.4 Å². The van der Waals surface area contributed by atoms with Gasteiger partial charge in [0, 0.05) is 0 Å². The van der Waals surface area contributed by atoms with Crippen LogP contribution in [0.1, 0.15) is 85.0 Å². The second-order valence-corrected chi connectivity index (χ2v) is 24.0. The maximum Gasteiger partial charge on any atom is -0.147 e. The van der Waals surface area contributed by atoms with Gasteiger partial charge in [-0.15, -0.1) is 24.8 Å². The van der Waals surface area contributed by atoms with E-state index in [2.05, 4.69) is 199 Å². The summed E-state index contributed by atoms with van der Waals surface area (Å²) in [5.74, 6) is 0. The van der Waals surface area contributed by atoms with E-state index in [1.807, 2.05) is 0 Å². The molecule has 0 saturated carbocycles. The number of halogens is 3. The summed E-state index contributed by atoms with van der Waals surface area (Å²) in [6, 6.07) is 52.5. The van der Waals surface area contributed by atoms with Crippen molar-refractivity contribution >= 4 is 39.6 Å². The number of hydrogen-bond donors (Lipinski definition) is 0. The maximum atomic E-state index is 6.58. The number of allylic oxidation sites excluding steroid dienone is 4. The van der Waals surface area contributed by atoms with E-state index in [9.17, 15) is 0 Å². The van der Waals surface area contributed by atoms with E-state index in [-0.39, 0.29) is 35.6 Å². The average molecular weight is 874 g/mol. The largest absolute Gasteiger partial charge is 0.147 e. The number of benzene rings is 6. The van der Waals surface area contributed by atoms with Crippen LogP contribution in [-0.4, -0.2) is 3.21 Å². The Kier molecular flexibility index (Phi) is 12.8. The molecule has 4 heteroatoms. The van der Waals surface area contributed by atoms with E-state index in [1.54, 1.807) is 6.49 Å². The van der Waals surface area contributed by atoms with Gasteiger partial charge in [-0.25, -0.2) is 0 Å². The Morgan fingerprint density at radius 1 is 0.589 bits per heavy atom. The minimum atomic E-state index is -2.90. The molecule has 2 aliphatic rings. The van der Waals surface area contributed by atoms with Gasteiger partial charge in [0.25, 0.3) is 0 Å². The van der Waals surface area contributed by atoms with Crippen LogP contribution in [-0.2, 0) is 38.5 Å². The zero-order chi connectivity index (χ0) is 37.6. The van der Waals surface area contributed by atoms with Gasteiger partial charge in [-0.05, 0) is 0 Å². The molecule has 0 bridgehead atoms. The van der Waals surface area contributed by atoms with Crippen LogP contribution in [0.5, 0.6) is 0 Å². The van der Waals surface area contributed by atoms with Gasteiger partial charge in [-0.1, -0.05) is 0 Å². The molecule has 56 heavy (non-hydrogen) atoms. The fourth-order valence-corrected chi connectivity index (χ4v) is 17.8. The van der Waals surface area contributed by atoms with Crippen molar-refractivity contribution in [3.63, 3.8) is 0 Å². The van der Waals surface area contributed by atoms with Gasteiger partial charge >= 0.3 is 338 Å². The molecule has 284 valence electrons. The SMILES string of the molecule is CC(C)(C)c1cc2c(cc1-c1ccccc1)[CH](/[Zr]([C]1=CC=CC1)=[C](\Cc1ccccc1)c1ccc(Cl)cc1)c1cc(-c3ccccc3)c(C(C)(C)C)cc1-2.Cl.Cl. The molecule has 0 nitrogen and oxygen atoms in total. The molecular weight excluding hydrogens is 822 g/mol. The third-order valence-electron chi connectivity index (χ3n) is 11.2. The van der Waals surface area contributed by atoms with Crippen molar-refractivity contribution in [2.45, 2.75) is 68.8 Å². The first-order valence-corrected chi connectivity index (χ1v) is 23.6. The Labute approximate surface area is 359 Å². The standard InChI is InChI=1S/C33H33.C14H11Cl.C5H5.2ClH.Zr/c1-32(2,3)30-20-26-24(18-28(30)22-13-9-7-10-14-22)17-25-19-29(23-15-11-8-12-16-23)31(21-27(25)26)33(4,5)6;15-14-10-8-13(9-11-14)7-6-12-4-2-1-3-5-12;1-2-4-5-3-1;;;/h7-21H,1-6H3;1-5,8-11H,6H2;1-3H,4H2;2*1H;. The Morgan fingerprint density at radius 2 is 1.05 bits per heavy atom. The Morgan fingerprint density at radius 3 is 1.48 bits per heavy atom. The summed E-state index contributed by atoms with van der Waals surface area (Å²) in [7, 11) is 0. The molecule has 0 spiro atoms. The Bertz CT molecular complexity index is 2320. The van der Waals surface area contributed by atoms with Crippen LogP contribution in [0.4, 0.5) is 0 Å². The molecule has 6 aromatic rings. The van der Waals surface area contributed by atoms with Crippen LogP contribution in [0.15, 0.2) is 161 Å². The van der Waals surface area contributed by atoms with E-state index in [0.29, 0.717) is 3.63 Å². The second kappa shape index (κ2) is 17.1. The third kappa shape index (κ3) is 8.35. The third-order valence-corrected chi connectivity index (χ3v) is 19.8. The van der Waals surface area contributed by atoms with Gasteiger partial charge in [-0.2, -0.15) is 0 Å². The quantitative estimate of drug-likeness (QED) is 0.150. The zero-order valence-electron chi connectivity index (χ0n) is 33.2. The van der Waals surface area contributed by atoms with Gasteiger partial charge in [0.1, 0.15) is 0 Å². The molecule has 0 saturated heterocycles. The second-order valence-electron chi connectivity index (χ2n) is 17.0. The first kappa shape index (κ1) is 42.0. The van der Waals surface area contributed by atoms with E-state index in [0.717, 1.165) is 17.9 Å². The summed E-state index contributed by atoms with van der Waals surface area (Å²) < 4.78 is 3.58. The van der Waals surface area contributed by atoms with Crippen molar-refractivity contribution in [3.05, 3.63) is 199 Å². The normalized spacial score (nSPS) is 13.9. The van der Waals surface area contributed by atoms with Crippen molar-refractivity contribution in [3.8, 4) is 33.4 Å². The van der Waals surface area contributed by atoms with Crippen molar-refractivity contribution in [2.75, 3.05) is 0 Å². The van der Waals surface area contributed by atoms with Crippen molar-refractivity contribution in [1.82, 2.24) is 0 Å². The van der Waals surface area contributed by atoms with Gasteiger partial charge in [0.15, 0.2) is 0 Å². The molecule has 8 rings (SSSR count). The summed E-state index contributed by atoms with van der Waals surface area (Å²) in [5.41, 5.74) is 16.6. The van der Waals surface area contributed by atoms with Crippen molar-refractivity contribution in [1.29, 1.82) is 0 Å². The van der Waals surface area contributed by atoms with Crippen LogP contribution >= 0.6 is 36.4 Å². The molecule has 0 unspecified atom stereocenters. The molecule has 0 aliphatic heterocycles. The van der Waals surface area contributed by atoms with Crippen LogP contribution < -0.4 is 0 Å². The number of fused-ring (bicyclic) bond motifs is 3. The monoisotopic (exact) mass is 870 g/mol. The van der Waals surface area contributed by atoms with Crippen molar-refractivity contribution < 1.29 is 21.3 Å². The molecule has 2 aliphatic carbocycles. The van der Waals surface area contributed by atoms with E-state index in [4.69, 9.17) is 11.6 Å². The smallest absolute Gasteiger partial charge is 0.147 e. The molecule has 0 heterocycles. The molecule has 0 atom stereocenters. The molecule has 6 aromatic carbocycles. The first-order chi connectivity index (χ1) is 26.0. The van der Waals surface area contributed by atoms with E-state index < -0.39 is 21.3 Å². The molecule has 0 radical (unpaired) electrons. The minimum absolute atomic E-state index is 0. The number of rotatable bonds is 7. The van der Waals surface area contributed by atoms with Gasteiger partial charge in [-0.3, -0.25) is 0 Å². The summed E-state index contributed by atoms with van der Waals surface area (Å²) >= 11 is 3.68. The average Bonchev–Trinajstić information content (AvgIpc) is 3.81. The molecule has 0 fully saturated rings. The van der Waals surface area contributed by atoms with Crippen LogP contribution in [0.2, 0.25) is 5.02 Å². The first-order valence-electron chi connectivity index (χ1n) is 19.3. The summed E-state index contributed by atoms with van der Waals surface area (Å²) in [6.45, 7) is 14.2. The molecule has 0 amide bonds. The minimum Gasteiger partial charge on any atom is -0.147 e. The predicted octanol–water partition coefficient (Wildman–Crippen LogP) is 15.1. The predicted molar refractivity (Wildman–Crippen MR) is 244 cm³/mol. The summed E-state index contributed by atoms with van der Waals surface area (Å²) in [4.78, 5) is 0. The molecular formula is C52H51Cl3Zr. The fourth-order valence-electron chi connectivity index (χ4n) is 8.61. The zero-order valence-corrected chi connectivity index (χ0v) is 38.0. The van der Waals surface area contributed by atoms with Crippen LogP contribution in [0.3, 0.4) is 0 Å². The van der Waals surface area contributed by atoms with Gasteiger partial charge in [0.2, 0.25) is 0 Å². The Balaban J connectivity index is 0.00000266. The van der Waals surface area contributed by atoms with Gasteiger partial charge < -0.3 is 0 Å². The van der Waals surface area contributed by atoms with Crippen LogP contribution in [0, 0.1) is 0 Å². The van der Waals surface area contributed by atoms with Crippen molar-refractivity contribution in [2.24, 2.45) is 0 Å². The van der Waals surface area contributed by atoms with E-state index >= 15 is 0 Å². The van der Waals surface area contributed by atoms with Gasteiger partial charge in [0.05, 0.1) is 0 Å². The molecule has 0 aromatic heterocycles. The number of hydrogen-bond acceptors (Lipinski definition) is 0.